The second kappa shape index (κ2) is 6.63. The fourth-order valence-electron chi connectivity index (χ4n) is 2.95. The van der Waals surface area contributed by atoms with E-state index in [0.29, 0.717) is 5.75 Å². The smallest absolute Gasteiger partial charge is 0.199 e. The molecule has 23 heavy (non-hydrogen) atoms. The number of hydrogen-bond acceptors (Lipinski definition) is 3. The Labute approximate surface area is 137 Å². The van der Waals surface area contributed by atoms with E-state index in [-0.39, 0.29) is 11.7 Å². The van der Waals surface area contributed by atoms with E-state index in [1.54, 1.807) is 12.1 Å². The van der Waals surface area contributed by atoms with E-state index in [1.807, 2.05) is 24.3 Å². The van der Waals surface area contributed by atoms with E-state index in [1.165, 1.54) is 11.1 Å². The summed E-state index contributed by atoms with van der Waals surface area (Å²) < 4.78 is 11.5. The van der Waals surface area contributed by atoms with Crippen LogP contribution in [-0.4, -0.2) is 18.0 Å². The Hall–Kier alpha value is -2.00. The Balaban J connectivity index is 1.73. The topological polar surface area (TPSA) is 38.7 Å². The molecular weight excluding hydrogens is 288 g/mol. The number of benzene rings is 2. The normalized spacial score (nSPS) is 18.6. The van der Waals surface area contributed by atoms with Gasteiger partial charge in [-0.15, -0.1) is 0 Å². The van der Waals surface area contributed by atoms with Crippen molar-refractivity contribution in [1.29, 1.82) is 0 Å². The molecule has 1 heterocycles. The molecule has 1 saturated heterocycles. The van der Waals surface area contributed by atoms with Crippen LogP contribution in [0.15, 0.2) is 48.5 Å². The third-order valence-corrected chi connectivity index (χ3v) is 4.57. The molecule has 0 spiro atoms. The Kier molecular flexibility index (Phi) is 4.58. The van der Waals surface area contributed by atoms with Crippen LogP contribution in [-0.2, 0) is 10.2 Å². The first kappa shape index (κ1) is 15.9. The lowest BCUT2D eigenvalue weighted by Gasteiger charge is -2.27. The zero-order valence-electron chi connectivity index (χ0n) is 13.8. The molecule has 3 heteroatoms. The third-order valence-electron chi connectivity index (χ3n) is 4.57. The number of phenolic OH excluding ortho intramolecular Hbond substituents is 1. The van der Waals surface area contributed by atoms with Gasteiger partial charge in [-0.3, -0.25) is 0 Å². The predicted molar refractivity (Wildman–Crippen MR) is 90.9 cm³/mol. The zero-order chi connectivity index (χ0) is 16.3. The lowest BCUT2D eigenvalue weighted by Crippen LogP contribution is -2.25. The lowest BCUT2D eigenvalue weighted by atomic mass is 9.78. The van der Waals surface area contributed by atoms with Crippen LogP contribution in [0.5, 0.6) is 11.5 Å². The Morgan fingerprint density at radius 1 is 0.957 bits per heavy atom. The summed E-state index contributed by atoms with van der Waals surface area (Å²) in [5.41, 5.74) is 2.24. The first-order chi connectivity index (χ1) is 11.1. The Bertz CT molecular complexity index is 623. The molecule has 0 saturated carbocycles. The number of hydrogen-bond donors (Lipinski definition) is 1. The van der Waals surface area contributed by atoms with Crippen LogP contribution in [0.3, 0.4) is 0 Å². The highest BCUT2D eigenvalue weighted by Gasteiger charge is 2.23. The van der Waals surface area contributed by atoms with Gasteiger partial charge in [0.2, 0.25) is 0 Å². The first-order valence-electron chi connectivity index (χ1n) is 8.24. The van der Waals surface area contributed by atoms with Gasteiger partial charge in [-0.05, 0) is 48.2 Å². The van der Waals surface area contributed by atoms with Crippen molar-refractivity contribution >= 4 is 0 Å². The second-order valence-electron chi connectivity index (χ2n) is 6.61. The molecule has 1 N–H and O–H groups in total. The zero-order valence-corrected chi connectivity index (χ0v) is 13.8. The predicted octanol–water partition coefficient (Wildman–Crippen LogP) is 4.62. The molecule has 1 aliphatic rings. The van der Waals surface area contributed by atoms with Crippen LogP contribution in [0, 0.1) is 0 Å². The lowest BCUT2D eigenvalue weighted by molar-refractivity contribution is -0.105. The fourth-order valence-corrected chi connectivity index (χ4v) is 2.95. The summed E-state index contributed by atoms with van der Waals surface area (Å²) in [5, 5.41) is 9.46. The van der Waals surface area contributed by atoms with E-state index in [9.17, 15) is 5.11 Å². The summed E-state index contributed by atoms with van der Waals surface area (Å²) in [7, 11) is 0. The highest BCUT2D eigenvalue weighted by molar-refractivity contribution is 5.41. The largest absolute Gasteiger partial charge is 0.508 e. The molecule has 3 nitrogen and oxygen atoms in total. The summed E-state index contributed by atoms with van der Waals surface area (Å²) in [6.45, 7) is 5.15. The maximum absolute atomic E-state index is 9.46. The number of aromatic hydroxyl groups is 1. The molecule has 1 aliphatic heterocycles. The average Bonchev–Trinajstić information content (AvgIpc) is 2.57. The van der Waals surface area contributed by atoms with Crippen molar-refractivity contribution in [3.8, 4) is 11.5 Å². The maximum atomic E-state index is 9.46. The van der Waals surface area contributed by atoms with Crippen molar-refractivity contribution in [2.75, 3.05) is 6.61 Å². The summed E-state index contributed by atoms with van der Waals surface area (Å²) in [6, 6.07) is 15.6. The van der Waals surface area contributed by atoms with Crippen molar-refractivity contribution < 1.29 is 14.6 Å². The standard InChI is InChI=1S/C20H24O3/c1-20(2,15-6-10-17(21)11-7-15)16-8-12-18(13-9-16)23-19-5-3-4-14-22-19/h6-13,19,21H,3-5,14H2,1-2H3. The van der Waals surface area contributed by atoms with Crippen LogP contribution in [0.2, 0.25) is 0 Å². The van der Waals surface area contributed by atoms with E-state index < -0.39 is 0 Å². The molecule has 2 aromatic carbocycles. The van der Waals surface area contributed by atoms with Gasteiger partial charge in [0, 0.05) is 11.8 Å². The molecule has 1 atom stereocenters. The van der Waals surface area contributed by atoms with Gasteiger partial charge in [-0.1, -0.05) is 38.1 Å². The molecule has 0 radical (unpaired) electrons. The van der Waals surface area contributed by atoms with Gasteiger partial charge in [0.15, 0.2) is 6.29 Å². The Morgan fingerprint density at radius 3 is 2.13 bits per heavy atom. The number of phenols is 1. The Morgan fingerprint density at radius 2 is 1.57 bits per heavy atom. The third kappa shape index (κ3) is 3.67. The molecule has 2 aromatic rings. The van der Waals surface area contributed by atoms with Crippen LogP contribution in [0.25, 0.3) is 0 Å². The fraction of sp³-hybridized carbons (Fsp3) is 0.400. The summed E-state index contributed by atoms with van der Waals surface area (Å²) in [5.74, 6) is 1.14. The average molecular weight is 312 g/mol. The van der Waals surface area contributed by atoms with Crippen LogP contribution in [0.1, 0.15) is 44.2 Å². The van der Waals surface area contributed by atoms with Crippen molar-refractivity contribution in [2.45, 2.75) is 44.8 Å². The summed E-state index contributed by atoms with van der Waals surface area (Å²) in [6.07, 6.45) is 3.14. The van der Waals surface area contributed by atoms with Crippen molar-refractivity contribution in [3.05, 3.63) is 59.7 Å². The quantitative estimate of drug-likeness (QED) is 0.895. The van der Waals surface area contributed by atoms with E-state index >= 15 is 0 Å². The van der Waals surface area contributed by atoms with Crippen LogP contribution >= 0.6 is 0 Å². The summed E-state index contributed by atoms with van der Waals surface area (Å²) in [4.78, 5) is 0. The molecule has 122 valence electrons. The number of rotatable bonds is 4. The van der Waals surface area contributed by atoms with E-state index in [2.05, 4.69) is 26.0 Å². The first-order valence-corrected chi connectivity index (χ1v) is 8.24. The molecule has 0 aromatic heterocycles. The molecule has 0 bridgehead atoms. The molecule has 0 aliphatic carbocycles. The van der Waals surface area contributed by atoms with Gasteiger partial charge in [0.25, 0.3) is 0 Å². The molecule has 3 rings (SSSR count). The second-order valence-corrected chi connectivity index (χ2v) is 6.61. The van der Waals surface area contributed by atoms with Crippen molar-refractivity contribution in [2.24, 2.45) is 0 Å². The highest BCUT2D eigenvalue weighted by atomic mass is 16.7. The summed E-state index contributed by atoms with van der Waals surface area (Å²) >= 11 is 0. The monoisotopic (exact) mass is 312 g/mol. The van der Waals surface area contributed by atoms with Gasteiger partial charge in [0.05, 0.1) is 6.61 Å². The molecular formula is C20H24O3. The van der Waals surface area contributed by atoms with Gasteiger partial charge < -0.3 is 14.6 Å². The van der Waals surface area contributed by atoms with Crippen molar-refractivity contribution in [1.82, 2.24) is 0 Å². The molecule has 0 amide bonds. The minimum absolute atomic E-state index is 0.111. The van der Waals surface area contributed by atoms with Gasteiger partial charge >= 0.3 is 0 Å². The number of ether oxygens (including phenoxy) is 2. The SMILES string of the molecule is CC(C)(c1ccc(O)cc1)c1ccc(OC2CCCCO2)cc1. The minimum atomic E-state index is -0.131. The molecule has 1 fully saturated rings. The van der Waals surface area contributed by atoms with Crippen LogP contribution in [0.4, 0.5) is 0 Å². The van der Waals surface area contributed by atoms with Crippen molar-refractivity contribution in [3.63, 3.8) is 0 Å². The maximum Gasteiger partial charge on any atom is 0.199 e. The van der Waals surface area contributed by atoms with E-state index in [0.717, 1.165) is 31.6 Å². The van der Waals surface area contributed by atoms with E-state index in [4.69, 9.17) is 9.47 Å². The van der Waals surface area contributed by atoms with Crippen LogP contribution < -0.4 is 4.74 Å². The highest BCUT2D eigenvalue weighted by Crippen LogP contribution is 2.33. The van der Waals surface area contributed by atoms with Gasteiger partial charge in [-0.25, -0.2) is 0 Å². The minimum Gasteiger partial charge on any atom is -0.508 e. The van der Waals surface area contributed by atoms with Gasteiger partial charge in [0.1, 0.15) is 11.5 Å². The van der Waals surface area contributed by atoms with Gasteiger partial charge in [-0.2, -0.15) is 0 Å². The molecule has 1 unspecified atom stereocenters.